The number of halogens is 1. The van der Waals surface area contributed by atoms with Crippen molar-refractivity contribution in [1.29, 1.82) is 0 Å². The number of hydrogen-bond donors (Lipinski definition) is 0. The number of anilines is 1. The van der Waals surface area contributed by atoms with Gasteiger partial charge in [0.25, 0.3) is 10.0 Å². The highest BCUT2D eigenvalue weighted by atomic mass is 79.9. The lowest BCUT2D eigenvalue weighted by atomic mass is 10.1. The number of carbonyl (C=O) groups is 1. The highest BCUT2D eigenvalue weighted by molar-refractivity contribution is 9.10. The molecule has 0 aliphatic carbocycles. The smallest absolute Gasteiger partial charge is 0.340 e. The van der Waals surface area contributed by atoms with Crippen LogP contribution in [0, 0.1) is 6.92 Å². The van der Waals surface area contributed by atoms with Crippen molar-refractivity contribution < 1.29 is 22.7 Å². The van der Waals surface area contributed by atoms with Crippen molar-refractivity contribution in [2.75, 3.05) is 18.5 Å². The summed E-state index contributed by atoms with van der Waals surface area (Å²) in [7, 11) is -1.29. The number of hydrogen-bond acceptors (Lipinski definition) is 6. The first-order chi connectivity index (χ1) is 14.8. The minimum Gasteiger partial charge on any atom is -0.497 e. The first-order valence-corrected chi connectivity index (χ1v) is 11.5. The molecule has 0 spiro atoms. The number of aromatic nitrogens is 1. The third kappa shape index (κ3) is 4.88. The van der Waals surface area contributed by atoms with Gasteiger partial charge in [-0.2, -0.15) is 0 Å². The fraction of sp³-hybridized carbons (Fsp3) is 0.182. The van der Waals surface area contributed by atoms with Crippen LogP contribution in [0.15, 0.2) is 70.3 Å². The van der Waals surface area contributed by atoms with Crippen LogP contribution in [0.4, 0.5) is 5.69 Å². The van der Waals surface area contributed by atoms with Crippen LogP contribution in [0.2, 0.25) is 0 Å². The Morgan fingerprint density at radius 1 is 1.13 bits per heavy atom. The number of benzene rings is 2. The highest BCUT2D eigenvalue weighted by Gasteiger charge is 2.31. The Bertz CT molecular complexity index is 1180. The summed E-state index contributed by atoms with van der Waals surface area (Å²) < 4.78 is 39.4. The molecule has 0 aliphatic rings. The van der Waals surface area contributed by atoms with E-state index in [9.17, 15) is 13.2 Å². The van der Waals surface area contributed by atoms with Crippen molar-refractivity contribution in [2.45, 2.75) is 18.4 Å². The molecule has 0 saturated heterocycles. The molecule has 0 bridgehead atoms. The first-order valence-electron chi connectivity index (χ1n) is 9.22. The molecule has 7 nitrogen and oxygen atoms in total. The van der Waals surface area contributed by atoms with E-state index in [-0.39, 0.29) is 22.7 Å². The van der Waals surface area contributed by atoms with E-state index in [0.29, 0.717) is 21.3 Å². The van der Waals surface area contributed by atoms with Crippen molar-refractivity contribution in [3.63, 3.8) is 0 Å². The maximum atomic E-state index is 13.7. The molecule has 0 N–H and O–H groups in total. The SMILES string of the molecule is COC(=O)c1cc(Br)cc(C)c1N(Cc1cccnc1)S(=O)(=O)c1ccc(OC)cc1. The lowest BCUT2D eigenvalue weighted by Crippen LogP contribution is -2.33. The van der Waals surface area contributed by atoms with Gasteiger partial charge in [-0.3, -0.25) is 9.29 Å². The van der Waals surface area contributed by atoms with E-state index in [1.165, 1.54) is 30.7 Å². The van der Waals surface area contributed by atoms with Gasteiger partial charge in [0.05, 0.1) is 36.9 Å². The first kappa shape index (κ1) is 22.8. The number of carbonyl (C=O) groups excluding carboxylic acids is 1. The number of ether oxygens (including phenoxy) is 2. The molecule has 1 heterocycles. The van der Waals surface area contributed by atoms with E-state index in [1.54, 1.807) is 55.7 Å². The Morgan fingerprint density at radius 3 is 2.42 bits per heavy atom. The van der Waals surface area contributed by atoms with Crippen LogP contribution in [0.3, 0.4) is 0 Å². The lowest BCUT2D eigenvalue weighted by molar-refractivity contribution is 0.0601. The minimum absolute atomic E-state index is 0.0192. The topological polar surface area (TPSA) is 85.8 Å². The van der Waals surface area contributed by atoms with Crippen LogP contribution in [0.25, 0.3) is 0 Å². The molecule has 0 unspecified atom stereocenters. The average Bonchev–Trinajstić information content (AvgIpc) is 2.77. The number of methoxy groups -OCH3 is 2. The zero-order chi connectivity index (χ0) is 22.6. The second-order valence-electron chi connectivity index (χ2n) is 6.66. The molecule has 1 aromatic heterocycles. The van der Waals surface area contributed by atoms with Crippen molar-refractivity contribution in [3.8, 4) is 5.75 Å². The van der Waals surface area contributed by atoms with Gasteiger partial charge in [0.2, 0.25) is 0 Å². The number of sulfonamides is 1. The number of rotatable bonds is 7. The van der Waals surface area contributed by atoms with Crippen molar-refractivity contribution in [2.24, 2.45) is 0 Å². The third-order valence-corrected chi connectivity index (χ3v) is 6.83. The van der Waals surface area contributed by atoms with E-state index in [0.717, 1.165) is 0 Å². The van der Waals surface area contributed by atoms with Crippen LogP contribution in [0.5, 0.6) is 5.75 Å². The molecule has 3 aromatic rings. The van der Waals surface area contributed by atoms with Crippen molar-refractivity contribution in [3.05, 3.63) is 82.1 Å². The predicted molar refractivity (Wildman–Crippen MR) is 121 cm³/mol. The van der Waals surface area contributed by atoms with Gasteiger partial charge in [-0.1, -0.05) is 22.0 Å². The molecule has 31 heavy (non-hydrogen) atoms. The molecule has 0 aliphatic heterocycles. The fourth-order valence-electron chi connectivity index (χ4n) is 3.15. The molecule has 0 fully saturated rings. The average molecular weight is 505 g/mol. The van der Waals surface area contributed by atoms with Gasteiger partial charge in [-0.25, -0.2) is 13.2 Å². The van der Waals surface area contributed by atoms with E-state index < -0.39 is 16.0 Å². The minimum atomic E-state index is -4.05. The molecule has 2 aromatic carbocycles. The van der Waals surface area contributed by atoms with Gasteiger partial charge >= 0.3 is 5.97 Å². The summed E-state index contributed by atoms with van der Waals surface area (Å²) in [4.78, 5) is 16.7. The maximum absolute atomic E-state index is 13.7. The summed E-state index contributed by atoms with van der Waals surface area (Å²) in [5.41, 5.74) is 1.64. The number of esters is 1. The molecular formula is C22H21BrN2O5S. The normalized spacial score (nSPS) is 11.1. The molecule has 0 amide bonds. The molecule has 0 atom stereocenters. The Kier molecular flexibility index (Phi) is 6.97. The van der Waals surface area contributed by atoms with Crippen LogP contribution in [0.1, 0.15) is 21.5 Å². The molecule has 162 valence electrons. The molecule has 9 heteroatoms. The van der Waals surface area contributed by atoms with Gasteiger partial charge in [-0.05, 0) is 60.5 Å². The van der Waals surface area contributed by atoms with Gasteiger partial charge in [0.15, 0.2) is 0 Å². The largest absolute Gasteiger partial charge is 0.497 e. The van der Waals surface area contributed by atoms with Crippen molar-refractivity contribution >= 4 is 37.6 Å². The van der Waals surface area contributed by atoms with Gasteiger partial charge in [0.1, 0.15) is 5.75 Å². The summed E-state index contributed by atoms with van der Waals surface area (Å²) in [6.07, 6.45) is 3.19. The quantitative estimate of drug-likeness (QED) is 0.444. The summed E-state index contributed by atoms with van der Waals surface area (Å²) in [6.45, 7) is 1.72. The predicted octanol–water partition coefficient (Wildman–Crippen LogP) is 4.34. The van der Waals surface area contributed by atoms with Gasteiger partial charge < -0.3 is 9.47 Å². The van der Waals surface area contributed by atoms with Gasteiger partial charge in [-0.15, -0.1) is 0 Å². The highest BCUT2D eigenvalue weighted by Crippen LogP contribution is 2.35. The molecule has 3 rings (SSSR count). The third-order valence-electron chi connectivity index (χ3n) is 4.62. The fourth-order valence-corrected chi connectivity index (χ4v) is 5.26. The Balaban J connectivity index is 2.24. The Morgan fingerprint density at radius 2 is 1.84 bits per heavy atom. The maximum Gasteiger partial charge on any atom is 0.340 e. The van der Waals surface area contributed by atoms with Crippen LogP contribution in [-0.2, 0) is 21.3 Å². The monoisotopic (exact) mass is 504 g/mol. The number of pyridine rings is 1. The summed E-state index contributed by atoms with van der Waals surface area (Å²) in [6, 6.07) is 12.9. The molecular weight excluding hydrogens is 484 g/mol. The zero-order valence-electron chi connectivity index (χ0n) is 17.2. The van der Waals surface area contributed by atoms with Crippen LogP contribution in [-0.4, -0.2) is 33.6 Å². The number of aryl methyl sites for hydroxylation is 1. The Hall–Kier alpha value is -2.91. The van der Waals surface area contributed by atoms with Crippen molar-refractivity contribution in [1.82, 2.24) is 4.98 Å². The standard InChI is InChI=1S/C22H21BrN2O5S/c1-15-11-17(23)12-20(22(26)30-3)21(15)25(14-16-5-4-10-24-13-16)31(27,28)19-8-6-18(29-2)7-9-19/h4-13H,14H2,1-3H3. The summed E-state index contributed by atoms with van der Waals surface area (Å²) in [5, 5.41) is 0. The van der Waals surface area contributed by atoms with Gasteiger partial charge in [0, 0.05) is 16.9 Å². The van der Waals surface area contributed by atoms with E-state index in [1.807, 2.05) is 0 Å². The molecule has 0 radical (unpaired) electrons. The van der Waals surface area contributed by atoms with E-state index >= 15 is 0 Å². The summed E-state index contributed by atoms with van der Waals surface area (Å²) >= 11 is 3.37. The zero-order valence-corrected chi connectivity index (χ0v) is 19.6. The molecule has 0 saturated carbocycles. The summed E-state index contributed by atoms with van der Waals surface area (Å²) in [5.74, 6) is -0.103. The second kappa shape index (κ2) is 9.49. The number of nitrogens with zero attached hydrogens (tertiary/aromatic N) is 2. The van der Waals surface area contributed by atoms with E-state index in [2.05, 4.69) is 20.9 Å². The van der Waals surface area contributed by atoms with Crippen LogP contribution < -0.4 is 9.04 Å². The lowest BCUT2D eigenvalue weighted by Gasteiger charge is -2.28. The Labute approximate surface area is 189 Å². The second-order valence-corrected chi connectivity index (χ2v) is 9.44. The van der Waals surface area contributed by atoms with Crippen LogP contribution >= 0.6 is 15.9 Å². The van der Waals surface area contributed by atoms with E-state index in [4.69, 9.17) is 9.47 Å².